The van der Waals surface area contributed by atoms with E-state index in [1.165, 1.54) is 6.92 Å². The molecule has 1 aliphatic rings. The lowest BCUT2D eigenvalue weighted by Gasteiger charge is -2.23. The van der Waals surface area contributed by atoms with Gasteiger partial charge in [-0.05, 0) is 6.92 Å². The van der Waals surface area contributed by atoms with E-state index in [0.29, 0.717) is 0 Å². The van der Waals surface area contributed by atoms with Gasteiger partial charge in [0.05, 0.1) is 12.3 Å². The first-order chi connectivity index (χ1) is 10.7. The van der Waals surface area contributed by atoms with E-state index in [9.17, 15) is 18.8 Å². The van der Waals surface area contributed by atoms with E-state index in [2.05, 4.69) is 4.98 Å². The molecule has 2 heterocycles. The summed E-state index contributed by atoms with van der Waals surface area (Å²) in [6, 6.07) is 0. The number of esters is 2. The Bertz CT molecular complexity index is 691. The average molecular weight is 329 g/mol. The van der Waals surface area contributed by atoms with Crippen LogP contribution < -0.4 is 11.4 Å². The predicted octanol–water partition coefficient (Wildman–Crippen LogP) is -0.255. The SMILES string of the molecule is CC(=O)O[C@@H]1[C@@H](C)OC(n2cc(F)c(N)nc2=O)[C@@H]1OC(C)=O. The second-order valence-corrected chi connectivity index (χ2v) is 5.04. The van der Waals surface area contributed by atoms with Crippen LogP contribution >= 0.6 is 0 Å². The first-order valence-corrected chi connectivity index (χ1v) is 6.74. The van der Waals surface area contributed by atoms with E-state index in [-0.39, 0.29) is 0 Å². The molecular formula is C13H16FN3O6. The molecule has 1 unspecified atom stereocenters. The number of halogens is 1. The second kappa shape index (κ2) is 6.32. The Morgan fingerprint density at radius 2 is 1.87 bits per heavy atom. The van der Waals surface area contributed by atoms with Crippen LogP contribution in [-0.4, -0.2) is 39.8 Å². The quantitative estimate of drug-likeness (QED) is 0.753. The average Bonchev–Trinajstić information content (AvgIpc) is 2.70. The zero-order valence-corrected chi connectivity index (χ0v) is 12.7. The first kappa shape index (κ1) is 16.9. The zero-order chi connectivity index (χ0) is 17.3. The molecule has 0 saturated carbocycles. The number of carbonyl (C=O) groups excluding carboxylic acids is 2. The summed E-state index contributed by atoms with van der Waals surface area (Å²) < 4.78 is 30.1. The van der Waals surface area contributed by atoms with Crippen molar-refractivity contribution in [2.45, 2.75) is 45.3 Å². The van der Waals surface area contributed by atoms with Crippen molar-refractivity contribution in [3.8, 4) is 0 Å². The van der Waals surface area contributed by atoms with E-state index in [1.807, 2.05) is 0 Å². The Balaban J connectivity index is 2.43. The smallest absolute Gasteiger partial charge is 0.351 e. The summed E-state index contributed by atoms with van der Waals surface area (Å²) in [5.74, 6) is -2.78. The van der Waals surface area contributed by atoms with Gasteiger partial charge >= 0.3 is 17.6 Å². The fraction of sp³-hybridized carbons (Fsp3) is 0.538. The van der Waals surface area contributed by atoms with Gasteiger partial charge in [0.25, 0.3) is 0 Å². The lowest BCUT2D eigenvalue weighted by molar-refractivity contribution is -0.165. The standard InChI is InChI=1S/C13H16FN3O6/c1-5-9(22-6(2)18)10(23-7(3)19)12(21-5)17-4-8(14)11(15)16-13(17)20/h4-5,9-10,12H,1-3H3,(H2,15,16,20)/t5-,9-,10-,12?/m1/s1. The van der Waals surface area contributed by atoms with E-state index >= 15 is 0 Å². The molecule has 1 fully saturated rings. The van der Waals surface area contributed by atoms with Crippen LogP contribution in [-0.2, 0) is 23.8 Å². The number of ether oxygens (including phenoxy) is 3. The summed E-state index contributed by atoms with van der Waals surface area (Å²) in [7, 11) is 0. The molecule has 1 aromatic heterocycles. The van der Waals surface area contributed by atoms with Crippen LogP contribution in [0, 0.1) is 5.82 Å². The number of nitrogen functional groups attached to an aromatic ring is 1. The molecule has 0 aromatic carbocycles. The Kier molecular flexibility index (Phi) is 4.64. The van der Waals surface area contributed by atoms with Crippen LogP contribution in [0.5, 0.6) is 0 Å². The third-order valence-corrected chi connectivity index (χ3v) is 3.23. The van der Waals surface area contributed by atoms with E-state index in [4.69, 9.17) is 19.9 Å². The van der Waals surface area contributed by atoms with Gasteiger partial charge in [0.15, 0.2) is 30.1 Å². The highest BCUT2D eigenvalue weighted by Gasteiger charge is 2.48. The summed E-state index contributed by atoms with van der Waals surface area (Å²) in [5, 5.41) is 0. The summed E-state index contributed by atoms with van der Waals surface area (Å²) in [6.45, 7) is 3.90. The molecule has 0 bridgehead atoms. The minimum absolute atomic E-state index is 0.558. The van der Waals surface area contributed by atoms with Crippen molar-refractivity contribution in [1.29, 1.82) is 0 Å². The maximum absolute atomic E-state index is 13.6. The van der Waals surface area contributed by atoms with Gasteiger partial charge < -0.3 is 19.9 Å². The number of hydrogen-bond acceptors (Lipinski definition) is 8. The normalized spacial score (nSPS) is 26.8. The van der Waals surface area contributed by atoms with Crippen molar-refractivity contribution in [3.05, 3.63) is 22.5 Å². The van der Waals surface area contributed by atoms with E-state index in [1.54, 1.807) is 6.92 Å². The first-order valence-electron chi connectivity index (χ1n) is 6.74. The molecule has 23 heavy (non-hydrogen) atoms. The van der Waals surface area contributed by atoms with Crippen LogP contribution in [0.3, 0.4) is 0 Å². The summed E-state index contributed by atoms with van der Waals surface area (Å²) >= 11 is 0. The van der Waals surface area contributed by atoms with Crippen molar-refractivity contribution < 1.29 is 28.2 Å². The van der Waals surface area contributed by atoms with Crippen molar-refractivity contribution in [2.24, 2.45) is 0 Å². The van der Waals surface area contributed by atoms with Crippen LogP contribution in [0.25, 0.3) is 0 Å². The highest BCUT2D eigenvalue weighted by molar-refractivity contribution is 5.67. The highest BCUT2D eigenvalue weighted by Crippen LogP contribution is 2.33. The molecule has 1 aliphatic heterocycles. The molecule has 4 atom stereocenters. The Hall–Kier alpha value is -2.49. The Morgan fingerprint density at radius 3 is 2.43 bits per heavy atom. The van der Waals surface area contributed by atoms with Gasteiger partial charge in [-0.1, -0.05) is 0 Å². The van der Waals surface area contributed by atoms with E-state index in [0.717, 1.165) is 17.7 Å². The molecule has 1 saturated heterocycles. The molecular weight excluding hydrogens is 313 g/mol. The third kappa shape index (κ3) is 3.47. The fourth-order valence-electron chi connectivity index (χ4n) is 2.34. The maximum Gasteiger partial charge on any atom is 0.351 e. The van der Waals surface area contributed by atoms with Crippen molar-refractivity contribution >= 4 is 17.8 Å². The van der Waals surface area contributed by atoms with Gasteiger partial charge in [0.1, 0.15) is 0 Å². The zero-order valence-electron chi connectivity index (χ0n) is 12.7. The molecule has 1 aromatic rings. The van der Waals surface area contributed by atoms with Crippen molar-refractivity contribution in [2.75, 3.05) is 5.73 Å². The van der Waals surface area contributed by atoms with Gasteiger partial charge in [-0.3, -0.25) is 14.2 Å². The van der Waals surface area contributed by atoms with Gasteiger partial charge in [0.2, 0.25) is 0 Å². The number of anilines is 1. The molecule has 0 aliphatic carbocycles. The molecule has 0 amide bonds. The minimum atomic E-state index is -1.20. The van der Waals surface area contributed by atoms with Crippen molar-refractivity contribution in [1.82, 2.24) is 9.55 Å². The molecule has 9 nitrogen and oxygen atoms in total. The number of nitrogens with zero attached hydrogens (tertiary/aromatic N) is 2. The molecule has 0 spiro atoms. The summed E-state index contributed by atoms with van der Waals surface area (Å²) in [6.07, 6.45) is -3.17. The largest absolute Gasteiger partial charge is 0.456 e. The van der Waals surface area contributed by atoms with Gasteiger partial charge in [-0.25, -0.2) is 9.18 Å². The number of rotatable bonds is 3. The summed E-state index contributed by atoms with van der Waals surface area (Å²) in [4.78, 5) is 37.8. The van der Waals surface area contributed by atoms with Gasteiger partial charge in [0, 0.05) is 13.8 Å². The Morgan fingerprint density at radius 1 is 1.30 bits per heavy atom. The minimum Gasteiger partial charge on any atom is -0.456 e. The summed E-state index contributed by atoms with van der Waals surface area (Å²) in [5.41, 5.74) is 4.34. The molecule has 126 valence electrons. The number of nitrogens with two attached hydrogens (primary N) is 1. The fourth-order valence-corrected chi connectivity index (χ4v) is 2.34. The molecule has 2 rings (SSSR count). The highest BCUT2D eigenvalue weighted by atomic mass is 19.1. The second-order valence-electron chi connectivity index (χ2n) is 5.04. The lowest BCUT2D eigenvalue weighted by Crippen LogP contribution is -2.40. The van der Waals surface area contributed by atoms with Gasteiger partial charge in [-0.15, -0.1) is 0 Å². The number of hydrogen-bond donors (Lipinski definition) is 1. The van der Waals surface area contributed by atoms with Crippen LogP contribution in [0.4, 0.5) is 10.2 Å². The topological polar surface area (TPSA) is 123 Å². The molecule has 0 radical (unpaired) electrons. The van der Waals surface area contributed by atoms with Crippen molar-refractivity contribution in [3.63, 3.8) is 0 Å². The monoisotopic (exact) mass is 329 g/mol. The third-order valence-electron chi connectivity index (χ3n) is 3.23. The van der Waals surface area contributed by atoms with E-state index < -0.39 is 53.8 Å². The van der Waals surface area contributed by atoms with Gasteiger partial charge in [-0.2, -0.15) is 4.98 Å². The lowest BCUT2D eigenvalue weighted by atomic mass is 10.1. The van der Waals surface area contributed by atoms with Crippen LogP contribution in [0.15, 0.2) is 11.0 Å². The number of aromatic nitrogens is 2. The molecule has 10 heteroatoms. The Labute approximate surface area is 130 Å². The van der Waals surface area contributed by atoms with Crippen LogP contribution in [0.2, 0.25) is 0 Å². The maximum atomic E-state index is 13.6. The predicted molar refractivity (Wildman–Crippen MR) is 73.6 cm³/mol. The van der Waals surface area contributed by atoms with Crippen LogP contribution in [0.1, 0.15) is 27.0 Å². The number of carbonyl (C=O) groups is 2. The molecule has 2 N–H and O–H groups in total.